The molecule has 0 aromatic heterocycles. The second-order valence-corrected chi connectivity index (χ2v) is 8.25. The van der Waals surface area contributed by atoms with E-state index in [9.17, 15) is 9.18 Å². The van der Waals surface area contributed by atoms with Crippen LogP contribution in [0.1, 0.15) is 54.9 Å². The summed E-state index contributed by atoms with van der Waals surface area (Å²) < 4.78 is 14.5. The minimum atomic E-state index is -1.32. The summed E-state index contributed by atoms with van der Waals surface area (Å²) in [4.78, 5) is 11.1. The molecule has 0 saturated heterocycles. The number of carbonyl (C=O) groups is 1. The minimum Gasteiger partial charge on any atom is -0.388 e. The molecule has 1 atom stereocenters. The average molecular weight is 432 g/mol. The molecule has 0 aromatic carbocycles. The number of alkyl halides is 1. The van der Waals surface area contributed by atoms with Crippen molar-refractivity contribution in [3.63, 3.8) is 0 Å². The Morgan fingerprint density at radius 3 is 2.32 bits per heavy atom. The van der Waals surface area contributed by atoms with Crippen LogP contribution in [0.5, 0.6) is 0 Å². The monoisotopic (exact) mass is 431 g/mol. The SMILES string of the molecule is C=C(NC)C(=C/NCC(C=C(C)C=O)=CNCC(C)(F)C(C)C)/C(/C=C\C)=C(/C)CC. The molecule has 0 aromatic rings. The summed E-state index contributed by atoms with van der Waals surface area (Å²) >= 11 is 0. The molecule has 0 bridgehead atoms. The first kappa shape index (κ1) is 28.4. The lowest BCUT2D eigenvalue weighted by Gasteiger charge is -2.24. The number of rotatable bonds is 14. The zero-order chi connectivity index (χ0) is 24.0. The third kappa shape index (κ3) is 10.3. The van der Waals surface area contributed by atoms with Crippen molar-refractivity contribution in [2.45, 2.75) is 60.6 Å². The molecule has 5 heteroatoms. The van der Waals surface area contributed by atoms with E-state index in [1.165, 1.54) is 5.57 Å². The first-order valence-corrected chi connectivity index (χ1v) is 10.9. The van der Waals surface area contributed by atoms with E-state index in [0.717, 1.165) is 35.1 Å². The van der Waals surface area contributed by atoms with Gasteiger partial charge in [-0.15, -0.1) is 0 Å². The molecule has 0 spiro atoms. The molecule has 1 unspecified atom stereocenters. The van der Waals surface area contributed by atoms with Crippen molar-refractivity contribution >= 4 is 6.29 Å². The average Bonchev–Trinajstić information content (AvgIpc) is 2.73. The summed E-state index contributed by atoms with van der Waals surface area (Å²) in [6.45, 7) is 18.1. The molecule has 0 saturated carbocycles. The van der Waals surface area contributed by atoms with Crippen molar-refractivity contribution in [2.24, 2.45) is 5.92 Å². The Hall–Kier alpha value is -2.56. The number of hydrogen-bond donors (Lipinski definition) is 3. The molecule has 4 nitrogen and oxygen atoms in total. The second-order valence-electron chi connectivity index (χ2n) is 8.25. The van der Waals surface area contributed by atoms with Gasteiger partial charge in [-0.25, -0.2) is 4.39 Å². The van der Waals surface area contributed by atoms with E-state index in [0.29, 0.717) is 12.1 Å². The van der Waals surface area contributed by atoms with Crippen LogP contribution in [0.25, 0.3) is 0 Å². The maximum atomic E-state index is 14.5. The molecule has 0 radical (unpaired) electrons. The molecule has 0 rings (SSSR count). The summed E-state index contributed by atoms with van der Waals surface area (Å²) in [7, 11) is 1.85. The van der Waals surface area contributed by atoms with E-state index in [4.69, 9.17) is 0 Å². The van der Waals surface area contributed by atoms with Gasteiger partial charge in [-0.2, -0.15) is 0 Å². The van der Waals surface area contributed by atoms with Gasteiger partial charge in [0.2, 0.25) is 0 Å². The maximum absolute atomic E-state index is 14.5. The molecule has 0 aliphatic heterocycles. The summed E-state index contributed by atoms with van der Waals surface area (Å²) in [5.74, 6) is -0.0982. The Morgan fingerprint density at radius 2 is 1.84 bits per heavy atom. The van der Waals surface area contributed by atoms with Gasteiger partial charge in [-0.1, -0.05) is 45.1 Å². The van der Waals surface area contributed by atoms with Gasteiger partial charge < -0.3 is 16.0 Å². The first-order chi connectivity index (χ1) is 14.5. The maximum Gasteiger partial charge on any atom is 0.145 e. The van der Waals surface area contributed by atoms with Crippen molar-refractivity contribution in [2.75, 3.05) is 20.1 Å². The van der Waals surface area contributed by atoms with Crippen LogP contribution in [-0.2, 0) is 4.79 Å². The van der Waals surface area contributed by atoms with Crippen molar-refractivity contribution in [3.05, 3.63) is 70.8 Å². The van der Waals surface area contributed by atoms with Crippen molar-refractivity contribution < 1.29 is 9.18 Å². The van der Waals surface area contributed by atoms with E-state index in [1.54, 1.807) is 26.1 Å². The quantitative estimate of drug-likeness (QED) is 0.193. The summed E-state index contributed by atoms with van der Waals surface area (Å²) in [5, 5.41) is 9.52. The summed E-state index contributed by atoms with van der Waals surface area (Å²) in [6, 6.07) is 0. The number of aldehydes is 1. The number of halogens is 1. The lowest BCUT2D eigenvalue weighted by atomic mass is 9.94. The molecule has 0 heterocycles. The fourth-order valence-corrected chi connectivity index (χ4v) is 2.61. The van der Waals surface area contributed by atoms with Crippen LogP contribution < -0.4 is 16.0 Å². The van der Waals surface area contributed by atoms with E-state index >= 15 is 0 Å². The van der Waals surface area contributed by atoms with Crippen LogP contribution in [-0.4, -0.2) is 32.1 Å². The van der Waals surface area contributed by atoms with Gasteiger partial charge in [0, 0.05) is 43.8 Å². The molecular weight excluding hydrogens is 389 g/mol. The van der Waals surface area contributed by atoms with Crippen LogP contribution in [0.3, 0.4) is 0 Å². The first-order valence-electron chi connectivity index (χ1n) is 10.9. The second kappa shape index (κ2) is 14.4. The van der Waals surface area contributed by atoms with Gasteiger partial charge in [-0.05, 0) is 62.8 Å². The van der Waals surface area contributed by atoms with Crippen molar-refractivity contribution in [1.29, 1.82) is 0 Å². The third-order valence-electron chi connectivity index (χ3n) is 5.33. The smallest absolute Gasteiger partial charge is 0.145 e. The van der Waals surface area contributed by atoms with Gasteiger partial charge in [0.1, 0.15) is 12.0 Å². The predicted octanol–water partition coefficient (Wildman–Crippen LogP) is 5.50. The summed E-state index contributed by atoms with van der Waals surface area (Å²) in [5.41, 5.74) is 4.28. The number of hydrogen-bond acceptors (Lipinski definition) is 4. The van der Waals surface area contributed by atoms with E-state index < -0.39 is 5.67 Å². The molecule has 0 fully saturated rings. The Kier molecular flexibility index (Phi) is 13.3. The van der Waals surface area contributed by atoms with Gasteiger partial charge in [-0.3, -0.25) is 4.79 Å². The van der Waals surface area contributed by atoms with Gasteiger partial charge in [0.05, 0.1) is 0 Å². The number of likely N-dealkylation sites (N-methyl/N-ethyl adjacent to an activating group) is 1. The van der Waals surface area contributed by atoms with Crippen LogP contribution in [0.4, 0.5) is 4.39 Å². The lowest BCUT2D eigenvalue weighted by Crippen LogP contribution is -2.36. The van der Waals surface area contributed by atoms with Gasteiger partial charge in [0.15, 0.2) is 0 Å². The van der Waals surface area contributed by atoms with Crippen LogP contribution >= 0.6 is 0 Å². The standard InChI is InChI=1S/C26H42FN3O/c1-10-12-24(21(6)11-2)25(22(7)28-9)16-29-14-23(13-20(5)17-31)15-30-18-26(8,27)19(3)4/h10,12-13,15-17,19,28-30H,7,11,14,18H2,1-6,8-9H3/b12-10-,20-13?,23-15?,24-21-,25-16-. The van der Waals surface area contributed by atoms with Crippen LogP contribution in [0.15, 0.2) is 70.8 Å². The zero-order valence-electron chi connectivity index (χ0n) is 20.7. The molecule has 0 amide bonds. The Labute approximate surface area is 189 Å². The van der Waals surface area contributed by atoms with Crippen LogP contribution in [0, 0.1) is 5.92 Å². The van der Waals surface area contributed by atoms with E-state index in [2.05, 4.69) is 42.5 Å². The Bertz CT molecular complexity index is 753. The predicted molar refractivity (Wildman–Crippen MR) is 132 cm³/mol. The topological polar surface area (TPSA) is 53.2 Å². The van der Waals surface area contributed by atoms with E-state index in [1.807, 2.05) is 40.1 Å². The molecule has 3 N–H and O–H groups in total. The highest BCUT2D eigenvalue weighted by Gasteiger charge is 2.26. The summed E-state index contributed by atoms with van der Waals surface area (Å²) in [6.07, 6.45) is 11.3. The number of carbonyl (C=O) groups excluding carboxylic acids is 1. The number of nitrogens with one attached hydrogen (secondary N) is 3. The molecule has 31 heavy (non-hydrogen) atoms. The highest BCUT2D eigenvalue weighted by atomic mass is 19.1. The molecule has 0 aliphatic rings. The fourth-order valence-electron chi connectivity index (χ4n) is 2.61. The van der Waals surface area contributed by atoms with Crippen molar-refractivity contribution in [3.8, 4) is 0 Å². The van der Waals surface area contributed by atoms with Crippen molar-refractivity contribution in [1.82, 2.24) is 16.0 Å². The van der Waals surface area contributed by atoms with Gasteiger partial charge >= 0.3 is 0 Å². The highest BCUT2D eigenvalue weighted by Crippen LogP contribution is 2.23. The molecular formula is C26H42FN3O. The third-order valence-corrected chi connectivity index (χ3v) is 5.33. The normalized spacial score (nSPS) is 16.1. The fraction of sp³-hybridized carbons (Fsp3) is 0.500. The molecule has 174 valence electrons. The largest absolute Gasteiger partial charge is 0.388 e. The van der Waals surface area contributed by atoms with E-state index in [-0.39, 0.29) is 12.5 Å². The van der Waals surface area contributed by atoms with Crippen LogP contribution in [0.2, 0.25) is 0 Å². The highest BCUT2D eigenvalue weighted by molar-refractivity contribution is 5.73. The minimum absolute atomic E-state index is 0.0982. The zero-order valence-corrected chi connectivity index (χ0v) is 20.7. The Morgan fingerprint density at radius 1 is 1.19 bits per heavy atom. The van der Waals surface area contributed by atoms with Gasteiger partial charge in [0.25, 0.3) is 0 Å². The molecule has 0 aliphatic carbocycles. The lowest BCUT2D eigenvalue weighted by molar-refractivity contribution is -0.104. The Balaban J connectivity index is 5.74. The number of allylic oxidation sites excluding steroid dienone is 5.